The highest BCUT2D eigenvalue weighted by atomic mass is 32.1. The van der Waals surface area contributed by atoms with Crippen molar-refractivity contribution < 1.29 is 23.5 Å². The van der Waals surface area contributed by atoms with Crippen molar-refractivity contribution in [1.29, 1.82) is 0 Å². The van der Waals surface area contributed by atoms with Gasteiger partial charge in [-0.1, -0.05) is 12.1 Å². The zero-order valence-electron chi connectivity index (χ0n) is 25.2. The summed E-state index contributed by atoms with van der Waals surface area (Å²) in [6.45, 7) is 3.96. The number of benzene rings is 1. The Morgan fingerprint density at radius 3 is 2.51 bits per heavy atom. The summed E-state index contributed by atoms with van der Waals surface area (Å²) in [5.74, 6) is 0.710. The molecule has 3 aromatic heterocycles. The first kappa shape index (κ1) is 30.8. The molecule has 0 bridgehead atoms. The fourth-order valence-electron chi connectivity index (χ4n) is 5.52. The van der Waals surface area contributed by atoms with E-state index in [1.165, 1.54) is 24.3 Å². The van der Waals surface area contributed by atoms with Gasteiger partial charge >= 0.3 is 6.03 Å². The minimum Gasteiger partial charge on any atom is -0.453 e. The predicted octanol–water partition coefficient (Wildman–Crippen LogP) is 6.05. The number of nitrogens with zero attached hydrogens (tertiary/aromatic N) is 3. The average molecular weight is 630 g/mol. The van der Waals surface area contributed by atoms with Gasteiger partial charge in [0.05, 0.1) is 27.3 Å². The number of hydrogen-bond acceptors (Lipinski definition) is 8. The number of nitrogens with one attached hydrogen (secondary N) is 2. The monoisotopic (exact) mass is 629 g/mol. The number of amides is 2. The number of carbonyl (C=O) groups is 3. The van der Waals surface area contributed by atoms with Gasteiger partial charge in [-0.25, -0.2) is 9.18 Å². The molecule has 6 rings (SSSR count). The molecule has 2 fully saturated rings. The molecule has 45 heavy (non-hydrogen) atoms. The molecule has 1 aliphatic carbocycles. The number of aromatic nitrogens is 2. The summed E-state index contributed by atoms with van der Waals surface area (Å²) in [4.78, 5) is 47.7. The Kier molecular flexibility index (Phi) is 9.46. The molecule has 2 amide bonds. The van der Waals surface area contributed by atoms with Crippen molar-refractivity contribution in [3.05, 3.63) is 71.8 Å². The van der Waals surface area contributed by atoms with Gasteiger partial charge < -0.3 is 15.4 Å². The first-order valence-corrected chi connectivity index (χ1v) is 16.2. The number of ether oxygens (including phenoxy) is 1. The highest BCUT2D eigenvalue weighted by molar-refractivity contribution is 7.22. The first-order valence-electron chi connectivity index (χ1n) is 15.4. The summed E-state index contributed by atoms with van der Waals surface area (Å²) in [7, 11) is 0. The lowest BCUT2D eigenvalue weighted by atomic mass is 10.0. The molecule has 9 nitrogen and oxygen atoms in total. The molecule has 0 unspecified atom stereocenters. The van der Waals surface area contributed by atoms with E-state index >= 15 is 0 Å². The number of carbonyl (C=O) groups excluding carboxylic acids is 3. The topological polar surface area (TPSA) is 114 Å². The third-order valence-electron chi connectivity index (χ3n) is 8.11. The molecule has 0 spiro atoms. The van der Waals surface area contributed by atoms with Crippen LogP contribution in [0.2, 0.25) is 0 Å². The van der Waals surface area contributed by atoms with Crippen LogP contribution in [-0.4, -0.2) is 58.1 Å². The van der Waals surface area contributed by atoms with E-state index in [9.17, 15) is 18.8 Å². The Morgan fingerprint density at radius 2 is 1.80 bits per heavy atom. The van der Waals surface area contributed by atoms with Crippen LogP contribution in [0.1, 0.15) is 50.2 Å². The van der Waals surface area contributed by atoms with Crippen molar-refractivity contribution in [2.24, 2.45) is 5.92 Å². The second-order valence-corrected chi connectivity index (χ2v) is 13.0. The number of urea groups is 1. The van der Waals surface area contributed by atoms with Crippen LogP contribution in [0.3, 0.4) is 0 Å². The third-order valence-corrected chi connectivity index (χ3v) is 9.27. The largest absolute Gasteiger partial charge is 0.453 e. The molecule has 1 saturated carbocycles. The average Bonchev–Trinajstić information content (AvgIpc) is 3.72. The van der Waals surface area contributed by atoms with E-state index in [2.05, 4.69) is 26.6 Å². The summed E-state index contributed by atoms with van der Waals surface area (Å²) in [5, 5.41) is 5.53. The van der Waals surface area contributed by atoms with Gasteiger partial charge in [0.25, 0.3) is 0 Å². The van der Waals surface area contributed by atoms with Crippen molar-refractivity contribution in [3.8, 4) is 22.1 Å². The number of fused-ring (bicyclic) bond motifs is 1. The Balaban J connectivity index is 1.05. The molecule has 0 radical (unpaired) electrons. The van der Waals surface area contributed by atoms with Crippen molar-refractivity contribution >= 4 is 39.2 Å². The van der Waals surface area contributed by atoms with E-state index in [0.717, 1.165) is 71.7 Å². The maximum Gasteiger partial charge on any atom is 0.315 e. The smallest absolute Gasteiger partial charge is 0.315 e. The molecule has 0 atom stereocenters. The van der Waals surface area contributed by atoms with E-state index in [1.54, 1.807) is 24.4 Å². The van der Waals surface area contributed by atoms with Crippen LogP contribution in [0, 0.1) is 11.7 Å². The quantitative estimate of drug-likeness (QED) is 0.196. The predicted molar refractivity (Wildman–Crippen MR) is 171 cm³/mol. The second-order valence-electron chi connectivity index (χ2n) is 12.0. The number of halogens is 1. The minimum atomic E-state index is -0.499. The lowest BCUT2D eigenvalue weighted by Crippen LogP contribution is -2.48. The molecule has 234 valence electrons. The zero-order chi connectivity index (χ0) is 31.3. The fraction of sp³-hybridized carbons (Fsp3) is 0.382. The number of pyridine rings is 2. The maximum atomic E-state index is 15.0. The highest BCUT2D eigenvalue weighted by Crippen LogP contribution is 2.39. The molecule has 1 aromatic carbocycles. The fourth-order valence-corrected chi connectivity index (χ4v) is 6.56. The van der Waals surface area contributed by atoms with Crippen molar-refractivity contribution in [1.82, 2.24) is 25.5 Å². The van der Waals surface area contributed by atoms with E-state index in [0.29, 0.717) is 23.7 Å². The van der Waals surface area contributed by atoms with Crippen LogP contribution < -0.4 is 15.4 Å². The lowest BCUT2D eigenvalue weighted by Gasteiger charge is -2.32. The Labute approximate surface area is 265 Å². The van der Waals surface area contributed by atoms with Gasteiger partial charge in [-0.3, -0.25) is 24.5 Å². The third kappa shape index (κ3) is 8.29. The molecule has 4 aromatic rings. The van der Waals surface area contributed by atoms with Crippen LogP contribution in [0.25, 0.3) is 20.8 Å². The summed E-state index contributed by atoms with van der Waals surface area (Å²) >= 11 is 1.49. The number of likely N-dealkylation sites (tertiary alicyclic amines) is 1. The molecule has 2 N–H and O–H groups in total. The molecule has 11 heteroatoms. The summed E-state index contributed by atoms with van der Waals surface area (Å²) in [5.41, 5.74) is 3.32. The van der Waals surface area contributed by atoms with Crippen LogP contribution in [0.4, 0.5) is 9.18 Å². The Bertz CT molecular complexity index is 1700. The lowest BCUT2D eigenvalue weighted by molar-refractivity contribution is -0.119. The maximum absolute atomic E-state index is 15.0. The van der Waals surface area contributed by atoms with E-state index < -0.39 is 5.82 Å². The zero-order valence-corrected chi connectivity index (χ0v) is 26.0. The van der Waals surface area contributed by atoms with Gasteiger partial charge in [-0.2, -0.15) is 0 Å². The second kappa shape index (κ2) is 13.8. The molecule has 4 heterocycles. The number of Topliss-reactive ketones (excluding diaryl/α,β-unsaturated/α-hetero) is 2. The van der Waals surface area contributed by atoms with Crippen molar-refractivity contribution in [2.75, 3.05) is 19.6 Å². The molecule has 1 aliphatic heterocycles. The summed E-state index contributed by atoms with van der Waals surface area (Å²) in [6, 6.07) is 12.3. The van der Waals surface area contributed by atoms with Crippen LogP contribution >= 0.6 is 11.3 Å². The Hall–Kier alpha value is -4.22. The van der Waals surface area contributed by atoms with Gasteiger partial charge in [-0.05, 0) is 73.9 Å². The van der Waals surface area contributed by atoms with Gasteiger partial charge in [0.1, 0.15) is 17.3 Å². The SMILES string of the molecule is CC(=O)CNC(=O)NC1CCN(Cc2ccc(-c3cc4nccc(Oc5ccc(CC(=O)CC6CC6)cc5F)c4s3)nc2)CC1. The standard InChI is InChI=1S/C34H36FN5O4S/c1-21(41)18-38-34(43)39-25-9-12-40(13-10-25)20-24-4-6-28(37-19-24)32-17-29-33(45-32)31(8-11-36-29)44-30-7-5-23(16-27(30)35)15-26(42)14-22-2-3-22/h4-8,11,16-17,19,22,25H,2-3,9-10,12-15,18,20H2,1H3,(H2,38,39,43). The minimum absolute atomic E-state index is 0.0417. The summed E-state index contributed by atoms with van der Waals surface area (Å²) in [6.07, 6.45) is 8.27. The number of thiophene rings is 1. The Morgan fingerprint density at radius 1 is 1.00 bits per heavy atom. The van der Waals surface area contributed by atoms with Crippen molar-refractivity contribution in [3.63, 3.8) is 0 Å². The molecule has 2 aliphatic rings. The van der Waals surface area contributed by atoms with E-state index in [1.807, 2.05) is 18.3 Å². The number of ketones is 2. The molecule has 1 saturated heterocycles. The van der Waals surface area contributed by atoms with Gasteiger partial charge in [0, 0.05) is 57.0 Å². The molecular weight excluding hydrogens is 593 g/mol. The van der Waals surface area contributed by atoms with Crippen molar-refractivity contribution in [2.45, 2.75) is 58.0 Å². The van der Waals surface area contributed by atoms with Crippen LogP contribution in [0.5, 0.6) is 11.5 Å². The molecular formula is C34H36FN5O4S. The van der Waals surface area contributed by atoms with E-state index in [-0.39, 0.29) is 42.4 Å². The summed E-state index contributed by atoms with van der Waals surface area (Å²) < 4.78 is 21.8. The normalized spacial score (nSPS) is 15.6. The van der Waals surface area contributed by atoms with Crippen LogP contribution in [0.15, 0.2) is 54.9 Å². The van der Waals surface area contributed by atoms with E-state index in [4.69, 9.17) is 9.72 Å². The van der Waals surface area contributed by atoms with Gasteiger partial charge in [-0.15, -0.1) is 11.3 Å². The number of rotatable bonds is 12. The number of piperidine rings is 1. The highest BCUT2D eigenvalue weighted by Gasteiger charge is 2.24. The van der Waals surface area contributed by atoms with Crippen LogP contribution in [-0.2, 0) is 22.6 Å². The van der Waals surface area contributed by atoms with Gasteiger partial charge in [0.2, 0.25) is 0 Å². The number of hydrogen-bond donors (Lipinski definition) is 2. The first-order chi connectivity index (χ1) is 21.8. The van der Waals surface area contributed by atoms with Gasteiger partial charge in [0.15, 0.2) is 11.6 Å².